The van der Waals surface area contributed by atoms with Crippen molar-refractivity contribution < 1.29 is 22.7 Å². The zero-order chi connectivity index (χ0) is 18.7. The maximum absolute atomic E-state index is 12.6. The van der Waals surface area contributed by atoms with E-state index in [4.69, 9.17) is 4.74 Å². The maximum atomic E-state index is 12.6. The molecule has 2 N–H and O–H groups in total. The van der Waals surface area contributed by atoms with Gasteiger partial charge in [0.1, 0.15) is 5.60 Å². The Labute approximate surface area is 146 Å². The fourth-order valence-electron chi connectivity index (χ4n) is 2.85. The number of hydrogen-bond donors (Lipinski definition) is 2. The molecule has 2 rings (SSSR count). The van der Waals surface area contributed by atoms with E-state index >= 15 is 0 Å². The number of carbonyl (C=O) groups is 1. The molecule has 1 saturated carbocycles. The molecular weight excluding hydrogens is 333 g/mol. The maximum Gasteiger partial charge on any atom is 0.416 e. The largest absolute Gasteiger partial charge is 0.444 e. The van der Waals surface area contributed by atoms with E-state index in [0.29, 0.717) is 5.69 Å². The number of ether oxygens (including phenoxy) is 1. The highest BCUT2D eigenvalue weighted by Crippen LogP contribution is 2.30. The molecule has 0 spiro atoms. The molecule has 1 amide bonds. The first-order chi connectivity index (χ1) is 11.5. The molecule has 0 aliphatic heterocycles. The van der Waals surface area contributed by atoms with Crippen LogP contribution in [-0.2, 0) is 10.9 Å². The van der Waals surface area contributed by atoms with Gasteiger partial charge in [0.15, 0.2) is 0 Å². The van der Waals surface area contributed by atoms with Gasteiger partial charge in [0.2, 0.25) is 0 Å². The van der Waals surface area contributed by atoms with Crippen molar-refractivity contribution in [1.29, 1.82) is 0 Å². The van der Waals surface area contributed by atoms with Gasteiger partial charge in [-0.2, -0.15) is 13.2 Å². The predicted molar refractivity (Wildman–Crippen MR) is 90.5 cm³/mol. The Kier molecular flexibility index (Phi) is 5.85. The van der Waals surface area contributed by atoms with Crippen LogP contribution >= 0.6 is 0 Å². The molecule has 0 bridgehead atoms. The summed E-state index contributed by atoms with van der Waals surface area (Å²) in [6, 6.07) is 5.33. The second-order valence-corrected chi connectivity index (χ2v) is 7.41. The van der Waals surface area contributed by atoms with Crippen molar-refractivity contribution in [3.05, 3.63) is 29.8 Å². The first-order valence-corrected chi connectivity index (χ1v) is 8.46. The van der Waals surface area contributed by atoms with Crippen LogP contribution in [-0.4, -0.2) is 23.8 Å². The number of anilines is 1. The van der Waals surface area contributed by atoms with E-state index in [0.717, 1.165) is 37.8 Å². The van der Waals surface area contributed by atoms with Crippen molar-refractivity contribution in [1.82, 2.24) is 5.32 Å². The van der Waals surface area contributed by atoms with Gasteiger partial charge in [0.05, 0.1) is 5.56 Å². The van der Waals surface area contributed by atoms with Crippen LogP contribution in [0.4, 0.5) is 23.7 Å². The smallest absolute Gasteiger partial charge is 0.416 e. The fraction of sp³-hybridized carbons (Fsp3) is 0.611. The Morgan fingerprint density at radius 3 is 2.00 bits per heavy atom. The average Bonchev–Trinajstić information content (AvgIpc) is 2.47. The second kappa shape index (κ2) is 7.54. The van der Waals surface area contributed by atoms with E-state index in [9.17, 15) is 18.0 Å². The summed E-state index contributed by atoms with van der Waals surface area (Å²) in [4.78, 5) is 11.8. The Morgan fingerprint density at radius 1 is 1.00 bits per heavy atom. The van der Waals surface area contributed by atoms with Gasteiger partial charge in [0, 0.05) is 17.8 Å². The van der Waals surface area contributed by atoms with Crippen molar-refractivity contribution in [2.45, 2.75) is 70.3 Å². The van der Waals surface area contributed by atoms with E-state index in [1.165, 1.54) is 12.1 Å². The molecule has 1 aliphatic rings. The van der Waals surface area contributed by atoms with Gasteiger partial charge in [-0.25, -0.2) is 4.79 Å². The highest BCUT2D eigenvalue weighted by atomic mass is 19.4. The number of alkyl carbamates (subject to hydrolysis) is 1. The summed E-state index contributed by atoms with van der Waals surface area (Å²) in [6.45, 7) is 5.45. The van der Waals surface area contributed by atoms with Crippen molar-refractivity contribution in [2.24, 2.45) is 0 Å². The minimum atomic E-state index is -4.32. The van der Waals surface area contributed by atoms with Crippen LogP contribution < -0.4 is 10.6 Å². The number of rotatable bonds is 3. The Morgan fingerprint density at radius 2 is 1.52 bits per heavy atom. The van der Waals surface area contributed by atoms with Crippen LogP contribution in [0, 0.1) is 0 Å². The highest BCUT2D eigenvalue weighted by Gasteiger charge is 2.30. The monoisotopic (exact) mass is 358 g/mol. The SMILES string of the molecule is CC(C)(C)OC(=O)N[C@H]1CC[C@@H](Nc2ccc(C(F)(F)F)cc2)CC1. The average molecular weight is 358 g/mol. The van der Waals surface area contributed by atoms with Crippen molar-refractivity contribution in [3.8, 4) is 0 Å². The third kappa shape index (κ3) is 6.48. The summed E-state index contributed by atoms with van der Waals surface area (Å²) in [5.41, 5.74) is -0.495. The number of benzene rings is 1. The van der Waals surface area contributed by atoms with Gasteiger partial charge in [-0.3, -0.25) is 0 Å². The molecular formula is C18H25F3N2O2. The predicted octanol–water partition coefficient (Wildman–Crippen LogP) is 4.95. The normalized spacial score (nSPS) is 21.5. The fourth-order valence-corrected chi connectivity index (χ4v) is 2.85. The van der Waals surface area contributed by atoms with Crippen molar-refractivity contribution in [3.63, 3.8) is 0 Å². The summed E-state index contributed by atoms with van der Waals surface area (Å²) in [7, 11) is 0. The number of halogens is 3. The van der Waals surface area contributed by atoms with Crippen LogP contribution in [0.5, 0.6) is 0 Å². The lowest BCUT2D eigenvalue weighted by Crippen LogP contribution is -2.42. The molecule has 1 fully saturated rings. The summed E-state index contributed by atoms with van der Waals surface area (Å²) >= 11 is 0. The number of nitrogens with one attached hydrogen (secondary N) is 2. The highest BCUT2D eigenvalue weighted by molar-refractivity contribution is 5.68. The van der Waals surface area contributed by atoms with E-state index in [-0.39, 0.29) is 12.1 Å². The quantitative estimate of drug-likeness (QED) is 0.803. The lowest BCUT2D eigenvalue weighted by atomic mass is 9.91. The van der Waals surface area contributed by atoms with E-state index in [1.807, 2.05) is 20.8 Å². The topological polar surface area (TPSA) is 50.4 Å². The Hall–Kier alpha value is -1.92. The van der Waals surface area contributed by atoms with Gasteiger partial charge in [-0.05, 0) is 70.7 Å². The number of alkyl halides is 3. The molecule has 1 aromatic carbocycles. The van der Waals surface area contributed by atoms with E-state index < -0.39 is 23.4 Å². The molecule has 0 aromatic heterocycles. The summed E-state index contributed by atoms with van der Waals surface area (Å²) in [5.74, 6) is 0. The lowest BCUT2D eigenvalue weighted by Gasteiger charge is -2.31. The Bertz CT molecular complexity index is 571. The molecule has 0 saturated heterocycles. The summed E-state index contributed by atoms with van der Waals surface area (Å²) in [6.07, 6.45) is -1.45. The molecule has 25 heavy (non-hydrogen) atoms. The summed E-state index contributed by atoms with van der Waals surface area (Å²) < 4.78 is 42.9. The number of carbonyl (C=O) groups excluding carboxylic acids is 1. The molecule has 0 heterocycles. The molecule has 0 radical (unpaired) electrons. The van der Waals surface area contributed by atoms with Crippen molar-refractivity contribution >= 4 is 11.8 Å². The number of hydrogen-bond acceptors (Lipinski definition) is 3. The molecule has 140 valence electrons. The van der Waals surface area contributed by atoms with Crippen LogP contribution in [0.3, 0.4) is 0 Å². The lowest BCUT2D eigenvalue weighted by molar-refractivity contribution is -0.137. The summed E-state index contributed by atoms with van der Waals surface area (Å²) in [5, 5.41) is 6.13. The van der Waals surface area contributed by atoms with Crippen molar-refractivity contribution in [2.75, 3.05) is 5.32 Å². The Balaban J connectivity index is 1.78. The zero-order valence-corrected chi connectivity index (χ0v) is 14.7. The van der Waals surface area contributed by atoms with Gasteiger partial charge in [0.25, 0.3) is 0 Å². The first-order valence-electron chi connectivity index (χ1n) is 8.46. The second-order valence-electron chi connectivity index (χ2n) is 7.41. The van der Waals surface area contributed by atoms with Crippen LogP contribution in [0.25, 0.3) is 0 Å². The van der Waals surface area contributed by atoms with E-state index in [1.54, 1.807) is 0 Å². The molecule has 0 unspecified atom stereocenters. The molecule has 1 aliphatic carbocycles. The standard InChI is InChI=1S/C18H25F3N2O2/c1-17(2,3)25-16(24)23-15-10-8-14(9-11-15)22-13-6-4-12(5-7-13)18(19,20)21/h4-7,14-15,22H,8-11H2,1-3H3,(H,23,24)/t14-,15+. The third-order valence-electron chi connectivity index (χ3n) is 4.03. The van der Waals surface area contributed by atoms with Gasteiger partial charge >= 0.3 is 12.3 Å². The van der Waals surface area contributed by atoms with Gasteiger partial charge in [-0.15, -0.1) is 0 Å². The van der Waals surface area contributed by atoms with E-state index in [2.05, 4.69) is 10.6 Å². The molecule has 0 atom stereocenters. The van der Waals surface area contributed by atoms with Gasteiger partial charge < -0.3 is 15.4 Å². The third-order valence-corrected chi connectivity index (χ3v) is 4.03. The van der Waals surface area contributed by atoms with Gasteiger partial charge in [-0.1, -0.05) is 0 Å². The molecule has 7 heteroatoms. The minimum absolute atomic E-state index is 0.0699. The van der Waals surface area contributed by atoms with Crippen LogP contribution in [0.1, 0.15) is 52.0 Å². The first kappa shape index (κ1) is 19.4. The number of amides is 1. The minimum Gasteiger partial charge on any atom is -0.444 e. The van der Waals surface area contributed by atoms with Crippen LogP contribution in [0.2, 0.25) is 0 Å². The molecule has 4 nitrogen and oxygen atoms in total. The zero-order valence-electron chi connectivity index (χ0n) is 14.7. The molecule has 1 aromatic rings. The van der Waals surface area contributed by atoms with Crippen LogP contribution in [0.15, 0.2) is 24.3 Å².